The van der Waals surface area contributed by atoms with Gasteiger partial charge in [-0.15, -0.1) is 6.58 Å². The number of halogens is 1. The van der Waals surface area contributed by atoms with Gasteiger partial charge in [-0.2, -0.15) is 4.98 Å². The fourth-order valence-electron chi connectivity index (χ4n) is 3.60. The highest BCUT2D eigenvalue weighted by atomic mass is 79.9. The van der Waals surface area contributed by atoms with Crippen LogP contribution in [0.4, 0.5) is 5.82 Å². The number of benzene rings is 1. The number of ether oxygens (including phenoxy) is 1. The number of allylic oxidation sites excluding steroid dienone is 1. The first-order valence-corrected chi connectivity index (χ1v) is 11.1. The Morgan fingerprint density at radius 3 is 2.97 bits per heavy atom. The highest BCUT2D eigenvalue weighted by Gasteiger charge is 2.26. The Kier molecular flexibility index (Phi) is 6.41. The smallest absolute Gasteiger partial charge is 0.299 e. The minimum Gasteiger partial charge on any atom is -0.465 e. The van der Waals surface area contributed by atoms with Crippen LogP contribution in [0.2, 0.25) is 0 Å². The molecule has 4 rings (SSSR count). The minimum atomic E-state index is -0.179. The van der Waals surface area contributed by atoms with E-state index in [1.807, 2.05) is 42.1 Å². The van der Waals surface area contributed by atoms with Crippen molar-refractivity contribution in [2.45, 2.75) is 32.5 Å². The second kappa shape index (κ2) is 9.38. The van der Waals surface area contributed by atoms with Crippen LogP contribution in [-0.2, 0) is 6.54 Å². The van der Waals surface area contributed by atoms with Crippen LogP contribution >= 0.6 is 15.9 Å². The van der Waals surface area contributed by atoms with Crippen LogP contribution in [0, 0.1) is 0 Å². The number of rotatable bonds is 9. The van der Waals surface area contributed by atoms with Gasteiger partial charge in [0.25, 0.3) is 6.01 Å². The van der Waals surface area contributed by atoms with E-state index in [2.05, 4.69) is 54.8 Å². The van der Waals surface area contributed by atoms with Crippen molar-refractivity contribution in [2.75, 3.05) is 18.9 Å². The van der Waals surface area contributed by atoms with Crippen LogP contribution in [0.3, 0.4) is 0 Å². The van der Waals surface area contributed by atoms with Crippen molar-refractivity contribution in [3.8, 4) is 6.01 Å². The van der Waals surface area contributed by atoms with Crippen molar-refractivity contribution >= 4 is 32.9 Å². The summed E-state index contributed by atoms with van der Waals surface area (Å²) in [4.78, 5) is 16.2. The Balaban J connectivity index is 1.73. The number of imidazole rings is 1. The second-order valence-corrected chi connectivity index (χ2v) is 8.15. The van der Waals surface area contributed by atoms with Crippen LogP contribution in [0.15, 0.2) is 53.8 Å². The molecule has 0 amide bonds. The summed E-state index contributed by atoms with van der Waals surface area (Å²) in [6.45, 7) is 7.64. The lowest BCUT2D eigenvalue weighted by atomic mass is 10.2. The molecule has 1 aromatic carbocycles. The molecule has 0 bridgehead atoms. The highest BCUT2D eigenvalue weighted by Crippen LogP contribution is 2.28. The monoisotopic (exact) mass is 483 g/mol. The predicted octanol–water partition coefficient (Wildman–Crippen LogP) is 3.96. The molecule has 0 fully saturated rings. The van der Waals surface area contributed by atoms with Crippen molar-refractivity contribution in [2.24, 2.45) is 0 Å². The summed E-state index contributed by atoms with van der Waals surface area (Å²) in [7, 11) is 0. The summed E-state index contributed by atoms with van der Waals surface area (Å²) >= 11 is 3.54. The Morgan fingerprint density at radius 1 is 1.32 bits per heavy atom. The lowest BCUT2D eigenvalue weighted by Gasteiger charge is -2.24. The quantitative estimate of drug-likeness (QED) is 0.351. The number of aromatic nitrogens is 4. The fourth-order valence-corrected chi connectivity index (χ4v) is 4.04. The molecule has 3 N–H and O–H groups in total. The molecule has 3 aromatic rings. The minimum absolute atomic E-state index is 0.179. The fraction of sp³-hybridized carbons (Fsp3) is 0.318. The van der Waals surface area contributed by atoms with E-state index < -0.39 is 0 Å². The number of anilines is 1. The number of nitrogens with zero attached hydrogens (tertiary/aromatic N) is 5. The van der Waals surface area contributed by atoms with Gasteiger partial charge >= 0.3 is 0 Å². The lowest BCUT2D eigenvalue weighted by Crippen LogP contribution is -2.29. The van der Waals surface area contributed by atoms with Crippen molar-refractivity contribution < 1.29 is 4.74 Å². The van der Waals surface area contributed by atoms with Crippen molar-refractivity contribution in [3.05, 3.63) is 65.2 Å². The molecule has 1 aliphatic heterocycles. The zero-order valence-corrected chi connectivity index (χ0v) is 19.0. The normalized spacial score (nSPS) is 15.4. The van der Waals surface area contributed by atoms with E-state index in [0.717, 1.165) is 29.4 Å². The molecule has 162 valence electrons. The van der Waals surface area contributed by atoms with E-state index >= 15 is 0 Å². The van der Waals surface area contributed by atoms with Crippen LogP contribution in [0.1, 0.15) is 37.3 Å². The maximum absolute atomic E-state index is 6.32. The molecule has 0 radical (unpaired) electrons. The van der Waals surface area contributed by atoms with Gasteiger partial charge in [-0.25, -0.2) is 9.97 Å². The topological polar surface area (TPSA) is 94.1 Å². The Hall–Kier alpha value is -3.07. The molecule has 31 heavy (non-hydrogen) atoms. The van der Waals surface area contributed by atoms with E-state index in [1.54, 1.807) is 0 Å². The second-order valence-electron chi connectivity index (χ2n) is 7.24. The molecule has 0 saturated heterocycles. The molecule has 1 aliphatic rings. The van der Waals surface area contributed by atoms with E-state index in [-0.39, 0.29) is 6.17 Å². The molecule has 9 heteroatoms. The van der Waals surface area contributed by atoms with Crippen LogP contribution in [0.5, 0.6) is 6.01 Å². The van der Waals surface area contributed by atoms with Crippen LogP contribution < -0.4 is 15.8 Å². The largest absolute Gasteiger partial charge is 0.465 e. The van der Waals surface area contributed by atoms with Gasteiger partial charge in [-0.05, 0) is 37.5 Å². The molecule has 8 nitrogen and oxygen atoms in total. The number of fused-ring (bicyclic) bond motifs is 1. The van der Waals surface area contributed by atoms with E-state index in [1.165, 1.54) is 0 Å². The van der Waals surface area contributed by atoms with Gasteiger partial charge in [-0.3, -0.25) is 4.57 Å². The molecule has 0 spiro atoms. The van der Waals surface area contributed by atoms with Gasteiger partial charge in [-0.1, -0.05) is 34.1 Å². The summed E-state index contributed by atoms with van der Waals surface area (Å²) in [5.41, 5.74) is 8.62. The van der Waals surface area contributed by atoms with Crippen molar-refractivity contribution in [3.63, 3.8) is 0 Å². The van der Waals surface area contributed by atoms with Gasteiger partial charge in [0.05, 0.1) is 13.2 Å². The number of nitrogen functional groups attached to an aromatic ring is 1. The Morgan fingerprint density at radius 2 is 2.19 bits per heavy atom. The van der Waals surface area contributed by atoms with Crippen LogP contribution in [-0.4, -0.2) is 37.6 Å². The molecule has 3 heterocycles. The van der Waals surface area contributed by atoms with Gasteiger partial charge in [0, 0.05) is 23.4 Å². The van der Waals surface area contributed by atoms with Crippen LogP contribution in [0.25, 0.3) is 11.2 Å². The van der Waals surface area contributed by atoms with E-state index in [9.17, 15) is 0 Å². The molecule has 2 aromatic heterocycles. The van der Waals surface area contributed by atoms with Crippen molar-refractivity contribution in [1.29, 1.82) is 0 Å². The molecule has 0 aliphatic carbocycles. The molecular formula is C22H26BrN7O. The average Bonchev–Trinajstić information content (AvgIpc) is 3.34. The maximum atomic E-state index is 6.32. The average molecular weight is 484 g/mol. The maximum Gasteiger partial charge on any atom is 0.299 e. The number of nitrogens with two attached hydrogens (primary N) is 1. The zero-order valence-electron chi connectivity index (χ0n) is 17.5. The number of hydrogen-bond acceptors (Lipinski definition) is 7. The Bertz CT molecular complexity index is 1110. The van der Waals surface area contributed by atoms with E-state index in [0.29, 0.717) is 42.0 Å². The first kappa shape index (κ1) is 21.2. The zero-order chi connectivity index (χ0) is 21.8. The SMILES string of the molecule is C=CCCCN1C=CNC1c1nc(N)c2nc(OCC)n(Cc3cccc(Br)c3)c2n1. The third-order valence-corrected chi connectivity index (χ3v) is 5.52. The van der Waals surface area contributed by atoms with Gasteiger partial charge in [0.1, 0.15) is 0 Å². The van der Waals surface area contributed by atoms with Crippen molar-refractivity contribution in [1.82, 2.24) is 29.7 Å². The molecular weight excluding hydrogens is 458 g/mol. The first-order chi connectivity index (χ1) is 15.1. The lowest BCUT2D eigenvalue weighted by molar-refractivity contribution is 0.270. The van der Waals surface area contributed by atoms with Gasteiger partial charge in [0.2, 0.25) is 0 Å². The summed E-state index contributed by atoms with van der Waals surface area (Å²) in [5.74, 6) is 0.945. The summed E-state index contributed by atoms with van der Waals surface area (Å²) in [6, 6.07) is 8.61. The van der Waals surface area contributed by atoms with Gasteiger partial charge in [0.15, 0.2) is 29.0 Å². The molecule has 0 saturated carbocycles. The van der Waals surface area contributed by atoms with E-state index in [4.69, 9.17) is 15.5 Å². The summed E-state index contributed by atoms with van der Waals surface area (Å²) in [5, 5.41) is 3.32. The molecule has 1 atom stereocenters. The standard InChI is InChI=1S/C22H26BrN7O/c1-3-5-6-11-29-12-10-25-21(29)19-27-18(24)17-20(28-19)30(22(26-17)31-4-2)14-15-8-7-9-16(23)13-15/h3,7-10,12-13,21,25H,1,4-6,11,14H2,2H3,(H2,24,27,28). The first-order valence-electron chi connectivity index (χ1n) is 10.3. The van der Waals surface area contributed by atoms with Gasteiger partial charge < -0.3 is 20.7 Å². The third kappa shape index (κ3) is 4.51. The third-order valence-electron chi connectivity index (χ3n) is 5.03. The molecule has 1 unspecified atom stereocenters. The number of hydrogen-bond donors (Lipinski definition) is 2. The predicted molar refractivity (Wildman–Crippen MR) is 125 cm³/mol. The highest BCUT2D eigenvalue weighted by molar-refractivity contribution is 9.10. The summed E-state index contributed by atoms with van der Waals surface area (Å²) < 4.78 is 8.76. The number of nitrogens with one attached hydrogen (secondary N) is 1. The summed E-state index contributed by atoms with van der Waals surface area (Å²) in [6.07, 6.45) is 7.63. The Labute approximate surface area is 190 Å². The number of unbranched alkanes of at least 4 members (excludes halogenated alkanes) is 1.